The number of aromatic nitrogens is 1. The molecule has 304 valence electrons. The first-order valence-electron chi connectivity index (χ1n) is 19.5. The molecular formula is C40H57F2N5O7S. The summed E-state index contributed by atoms with van der Waals surface area (Å²) in [5, 5.41) is 17.3. The van der Waals surface area contributed by atoms with Gasteiger partial charge in [0.25, 0.3) is 5.91 Å². The second kappa shape index (κ2) is 20.3. The van der Waals surface area contributed by atoms with E-state index in [1.54, 1.807) is 11.9 Å². The Labute approximate surface area is 326 Å². The first-order chi connectivity index (χ1) is 26.1. The zero-order chi connectivity index (χ0) is 40.4. The highest BCUT2D eigenvalue weighted by Crippen LogP contribution is 2.35. The molecule has 1 aromatic heterocycles. The number of likely N-dealkylation sites (N-methyl/N-ethyl adjacent to an activating group) is 2. The molecule has 0 bridgehead atoms. The number of carboxylic acids is 1. The van der Waals surface area contributed by atoms with Crippen molar-refractivity contribution in [3.05, 3.63) is 51.5 Å². The molecule has 0 unspecified atom stereocenters. The fraction of sp³-hybridized carbons (Fsp3) is 0.650. The third-order valence-corrected chi connectivity index (χ3v) is 11.6. The van der Waals surface area contributed by atoms with Crippen LogP contribution in [-0.2, 0) is 30.3 Å². The van der Waals surface area contributed by atoms with Crippen molar-refractivity contribution in [2.24, 2.45) is 17.8 Å². The van der Waals surface area contributed by atoms with Gasteiger partial charge in [0.1, 0.15) is 28.4 Å². The number of carbonyl (C=O) groups is 5. The van der Waals surface area contributed by atoms with Gasteiger partial charge in [-0.25, -0.2) is 13.8 Å². The monoisotopic (exact) mass is 789 g/mol. The van der Waals surface area contributed by atoms with Crippen LogP contribution in [0.4, 0.5) is 8.78 Å². The number of amides is 3. The minimum Gasteiger partial charge on any atom is -0.481 e. The highest BCUT2D eigenvalue weighted by molar-refractivity contribution is 7.09. The van der Waals surface area contributed by atoms with Crippen molar-refractivity contribution in [1.82, 2.24) is 25.4 Å². The van der Waals surface area contributed by atoms with E-state index in [0.717, 1.165) is 62.6 Å². The molecule has 6 atom stereocenters. The Hall–Kier alpha value is -3.98. The number of nitrogens with one attached hydrogen (secondary N) is 2. The van der Waals surface area contributed by atoms with E-state index in [4.69, 9.17) is 4.74 Å². The number of rotatable bonds is 20. The van der Waals surface area contributed by atoms with Crippen molar-refractivity contribution in [3.8, 4) is 0 Å². The van der Waals surface area contributed by atoms with E-state index in [-0.39, 0.29) is 55.2 Å². The predicted octanol–water partition coefficient (Wildman–Crippen LogP) is 5.90. The molecule has 55 heavy (non-hydrogen) atoms. The molecule has 12 nitrogen and oxygen atoms in total. The van der Waals surface area contributed by atoms with E-state index >= 15 is 0 Å². The number of ether oxygens (including phenoxy) is 1. The zero-order valence-electron chi connectivity index (χ0n) is 32.8. The average Bonchev–Trinajstić information content (AvgIpc) is 3.81. The number of aryl methyl sites for hydroxylation is 1. The SMILES string of the molecule is CCN1CCCC[C@@H]1C(=O)N[C@@H](CC1CC1)C(=O)N(C)[C@H](C[C@@H](OC(C)=O)c1nc(C(=O)N[C@@H](CCc2cc(F)cc(F)c2)C[C@H](C)C(=O)O)cs1)C(C)C. The number of thiazole rings is 1. The predicted molar refractivity (Wildman–Crippen MR) is 204 cm³/mol. The molecule has 1 aliphatic heterocycles. The van der Waals surface area contributed by atoms with E-state index < -0.39 is 59.6 Å². The Morgan fingerprint density at radius 2 is 1.73 bits per heavy atom. The molecule has 4 rings (SSSR count). The number of halogens is 2. The first-order valence-corrected chi connectivity index (χ1v) is 20.4. The largest absolute Gasteiger partial charge is 0.481 e. The van der Waals surface area contributed by atoms with E-state index in [0.29, 0.717) is 22.9 Å². The lowest BCUT2D eigenvalue weighted by Gasteiger charge is -2.37. The van der Waals surface area contributed by atoms with Crippen LogP contribution in [-0.4, -0.2) is 93.9 Å². The molecule has 2 fully saturated rings. The second-order valence-electron chi connectivity index (χ2n) is 15.5. The van der Waals surface area contributed by atoms with Gasteiger partial charge in [-0.15, -0.1) is 11.3 Å². The number of hydrogen-bond acceptors (Lipinski definition) is 9. The standard InChI is InChI=1S/C40H57F2N5O7S/c1-7-47-15-9-8-10-33(47)37(50)44-31(19-26-11-12-26)39(51)46(6)34(23(2)3)21-35(54-25(5)48)38-45-32(22-55-38)36(49)43-30(16-24(4)40(52)53)14-13-27-17-28(41)20-29(42)18-27/h17-18,20,22-24,26,30-31,33-35H,7-16,19,21H2,1-6H3,(H,43,49)(H,44,50)(H,52,53)/t24-,30-,31-,33+,34+,35+/m0/s1. The van der Waals surface area contributed by atoms with Gasteiger partial charge in [-0.1, -0.05) is 47.0 Å². The summed E-state index contributed by atoms with van der Waals surface area (Å²) in [5.41, 5.74) is 0.403. The first kappa shape index (κ1) is 43.7. The number of aliphatic carboxylic acids is 1. The van der Waals surface area contributed by atoms with Gasteiger partial charge in [0.15, 0.2) is 6.10 Å². The zero-order valence-corrected chi connectivity index (χ0v) is 33.6. The molecule has 3 N–H and O–H groups in total. The summed E-state index contributed by atoms with van der Waals surface area (Å²) in [6.07, 6.45) is 5.13. The molecule has 1 aromatic carbocycles. The van der Waals surface area contributed by atoms with Crippen LogP contribution in [0.25, 0.3) is 0 Å². The quantitative estimate of drug-likeness (QED) is 0.139. The smallest absolute Gasteiger partial charge is 0.306 e. The molecular weight excluding hydrogens is 733 g/mol. The number of esters is 1. The molecule has 2 aromatic rings. The number of hydrogen-bond donors (Lipinski definition) is 3. The number of likely N-dealkylation sites (tertiary alicyclic amines) is 1. The topological polar surface area (TPSA) is 158 Å². The van der Waals surface area contributed by atoms with Crippen molar-refractivity contribution in [1.29, 1.82) is 0 Å². The lowest BCUT2D eigenvalue weighted by molar-refractivity contribution is -0.149. The van der Waals surface area contributed by atoms with Gasteiger partial charge >= 0.3 is 11.9 Å². The Kier molecular flexibility index (Phi) is 16.1. The number of carbonyl (C=O) groups excluding carboxylic acids is 4. The molecule has 2 aliphatic rings. The van der Waals surface area contributed by atoms with Gasteiger partial charge in [0.05, 0.1) is 12.0 Å². The minimum absolute atomic E-state index is 0.0310. The molecule has 3 amide bonds. The number of piperidine rings is 1. The average molecular weight is 790 g/mol. The maximum Gasteiger partial charge on any atom is 0.306 e. The van der Waals surface area contributed by atoms with Crippen molar-refractivity contribution in [3.63, 3.8) is 0 Å². The fourth-order valence-corrected chi connectivity index (χ4v) is 8.26. The Balaban J connectivity index is 1.49. The molecule has 2 heterocycles. The van der Waals surface area contributed by atoms with Crippen molar-refractivity contribution < 1.29 is 42.6 Å². The Morgan fingerprint density at radius 3 is 2.33 bits per heavy atom. The van der Waals surface area contributed by atoms with Gasteiger partial charge < -0.3 is 25.4 Å². The van der Waals surface area contributed by atoms with Gasteiger partial charge in [0, 0.05) is 43.9 Å². The second-order valence-corrected chi connectivity index (χ2v) is 16.4. The van der Waals surface area contributed by atoms with Crippen molar-refractivity contribution in [2.75, 3.05) is 20.1 Å². The van der Waals surface area contributed by atoms with Gasteiger partial charge in [-0.05, 0) is 81.1 Å². The Bertz CT molecular complexity index is 1630. The molecule has 0 radical (unpaired) electrons. The van der Waals surface area contributed by atoms with Crippen LogP contribution >= 0.6 is 11.3 Å². The third-order valence-electron chi connectivity index (χ3n) is 10.7. The summed E-state index contributed by atoms with van der Waals surface area (Å²) in [5.74, 6) is -4.50. The summed E-state index contributed by atoms with van der Waals surface area (Å²) in [7, 11) is 1.71. The summed E-state index contributed by atoms with van der Waals surface area (Å²) in [6, 6.07) is 1.12. The number of benzene rings is 1. The lowest BCUT2D eigenvalue weighted by Crippen LogP contribution is -2.56. The molecule has 1 aliphatic carbocycles. The van der Waals surface area contributed by atoms with Crippen LogP contribution in [0.1, 0.15) is 120 Å². The van der Waals surface area contributed by atoms with Gasteiger partial charge in [-0.2, -0.15) is 0 Å². The highest BCUT2D eigenvalue weighted by Gasteiger charge is 2.38. The van der Waals surface area contributed by atoms with Gasteiger partial charge in [0.2, 0.25) is 11.8 Å². The van der Waals surface area contributed by atoms with Gasteiger partial charge in [-0.3, -0.25) is 28.9 Å². The number of nitrogens with zero attached hydrogens (tertiary/aromatic N) is 3. The van der Waals surface area contributed by atoms with Crippen molar-refractivity contribution >= 4 is 41.0 Å². The fourth-order valence-electron chi connectivity index (χ4n) is 7.42. The van der Waals surface area contributed by atoms with Crippen LogP contribution < -0.4 is 10.6 Å². The van der Waals surface area contributed by atoms with Crippen molar-refractivity contribution in [2.45, 2.75) is 129 Å². The lowest BCUT2D eigenvalue weighted by atomic mass is 9.95. The Morgan fingerprint density at radius 1 is 1.04 bits per heavy atom. The van der Waals surface area contributed by atoms with E-state index in [2.05, 4.69) is 20.5 Å². The molecule has 1 saturated carbocycles. The third kappa shape index (κ3) is 13.0. The number of carboxylic acid groups (broad SMARTS) is 1. The summed E-state index contributed by atoms with van der Waals surface area (Å²) >= 11 is 1.12. The van der Waals surface area contributed by atoms with Crippen LogP contribution in [0.5, 0.6) is 0 Å². The van der Waals surface area contributed by atoms with Crippen LogP contribution in [0.15, 0.2) is 23.6 Å². The highest BCUT2D eigenvalue weighted by atomic mass is 32.1. The summed E-state index contributed by atoms with van der Waals surface area (Å²) < 4.78 is 33.4. The van der Waals surface area contributed by atoms with Crippen LogP contribution in [0.2, 0.25) is 0 Å². The normalized spacial score (nSPS) is 18.8. The van der Waals surface area contributed by atoms with Crippen LogP contribution in [0.3, 0.4) is 0 Å². The molecule has 15 heteroatoms. The van der Waals surface area contributed by atoms with E-state index in [1.807, 2.05) is 20.8 Å². The summed E-state index contributed by atoms with van der Waals surface area (Å²) in [6.45, 7) is 10.4. The molecule has 0 spiro atoms. The molecule has 1 saturated heterocycles. The maximum atomic E-state index is 14.2. The maximum absolute atomic E-state index is 14.2. The minimum atomic E-state index is -1.05. The summed E-state index contributed by atoms with van der Waals surface area (Å²) in [4.78, 5) is 73.6. The van der Waals surface area contributed by atoms with Crippen LogP contribution in [0, 0.1) is 29.4 Å². The van der Waals surface area contributed by atoms with E-state index in [9.17, 15) is 37.9 Å². The van der Waals surface area contributed by atoms with E-state index in [1.165, 1.54) is 31.4 Å².